The van der Waals surface area contributed by atoms with Crippen molar-refractivity contribution in [1.82, 2.24) is 0 Å². The van der Waals surface area contributed by atoms with Crippen LogP contribution in [0.4, 0.5) is 11.4 Å². The van der Waals surface area contributed by atoms with Crippen LogP contribution in [-0.2, 0) is 0 Å². The standard InChI is InChI=1S/C16H19ClN2O2/c1-10(12-8-7-11(20)9-15(12)21)18-14-6-4-5-13(17)16(14)19(2)3/h4-10,18,20-21H,1-3H3. The summed E-state index contributed by atoms with van der Waals surface area (Å²) in [5, 5.41) is 23.3. The quantitative estimate of drug-likeness (QED) is 0.799. The summed E-state index contributed by atoms with van der Waals surface area (Å²) in [5.41, 5.74) is 2.48. The summed E-state index contributed by atoms with van der Waals surface area (Å²) < 4.78 is 0. The number of benzene rings is 2. The van der Waals surface area contributed by atoms with Gasteiger partial charge in [-0.05, 0) is 31.2 Å². The summed E-state index contributed by atoms with van der Waals surface area (Å²) in [6, 6.07) is 10.1. The molecular weight excluding hydrogens is 288 g/mol. The van der Waals surface area contributed by atoms with Crippen molar-refractivity contribution in [3.8, 4) is 11.5 Å². The molecule has 21 heavy (non-hydrogen) atoms. The number of para-hydroxylation sites is 1. The second-order valence-electron chi connectivity index (χ2n) is 5.14. The van der Waals surface area contributed by atoms with Gasteiger partial charge in [-0.15, -0.1) is 0 Å². The van der Waals surface area contributed by atoms with Crippen LogP contribution in [0.25, 0.3) is 0 Å². The predicted molar refractivity (Wildman–Crippen MR) is 87.6 cm³/mol. The molecule has 0 radical (unpaired) electrons. The maximum absolute atomic E-state index is 9.94. The fourth-order valence-electron chi connectivity index (χ4n) is 2.30. The van der Waals surface area contributed by atoms with Crippen LogP contribution in [0.1, 0.15) is 18.5 Å². The molecule has 112 valence electrons. The number of halogens is 1. The molecule has 1 atom stereocenters. The van der Waals surface area contributed by atoms with Crippen molar-refractivity contribution in [2.24, 2.45) is 0 Å². The Kier molecular flexibility index (Phi) is 4.48. The smallest absolute Gasteiger partial charge is 0.124 e. The van der Waals surface area contributed by atoms with E-state index in [0.29, 0.717) is 10.6 Å². The van der Waals surface area contributed by atoms with Crippen molar-refractivity contribution in [2.45, 2.75) is 13.0 Å². The highest BCUT2D eigenvalue weighted by Crippen LogP contribution is 2.36. The minimum absolute atomic E-state index is 0.0418. The lowest BCUT2D eigenvalue weighted by Crippen LogP contribution is -2.14. The van der Waals surface area contributed by atoms with Crippen LogP contribution in [0.3, 0.4) is 0 Å². The lowest BCUT2D eigenvalue weighted by atomic mass is 10.1. The Balaban J connectivity index is 2.31. The zero-order chi connectivity index (χ0) is 15.6. The zero-order valence-electron chi connectivity index (χ0n) is 12.3. The fourth-order valence-corrected chi connectivity index (χ4v) is 2.64. The number of aromatic hydroxyl groups is 2. The first-order valence-electron chi connectivity index (χ1n) is 6.64. The Bertz CT molecular complexity index is 644. The summed E-state index contributed by atoms with van der Waals surface area (Å²) in [6.07, 6.45) is 0. The molecule has 0 saturated carbocycles. The lowest BCUT2D eigenvalue weighted by Gasteiger charge is -2.23. The van der Waals surface area contributed by atoms with Crippen molar-refractivity contribution in [2.75, 3.05) is 24.3 Å². The number of anilines is 2. The van der Waals surface area contributed by atoms with Crippen molar-refractivity contribution in [1.29, 1.82) is 0 Å². The van der Waals surface area contributed by atoms with Gasteiger partial charge in [-0.25, -0.2) is 0 Å². The van der Waals surface area contributed by atoms with E-state index in [0.717, 1.165) is 11.4 Å². The minimum atomic E-state index is -0.136. The molecule has 4 nitrogen and oxygen atoms in total. The van der Waals surface area contributed by atoms with Gasteiger partial charge in [0.1, 0.15) is 11.5 Å². The Morgan fingerprint density at radius 2 is 1.86 bits per heavy atom. The van der Waals surface area contributed by atoms with Gasteiger partial charge in [-0.1, -0.05) is 17.7 Å². The summed E-state index contributed by atoms with van der Waals surface area (Å²) in [4.78, 5) is 1.94. The van der Waals surface area contributed by atoms with E-state index in [1.165, 1.54) is 6.07 Å². The molecule has 2 aromatic carbocycles. The molecule has 0 amide bonds. The molecule has 0 saturated heterocycles. The van der Waals surface area contributed by atoms with Crippen LogP contribution in [0.15, 0.2) is 36.4 Å². The average molecular weight is 307 g/mol. The van der Waals surface area contributed by atoms with Gasteiger partial charge in [0.15, 0.2) is 0 Å². The molecule has 0 aliphatic carbocycles. The van der Waals surface area contributed by atoms with Gasteiger partial charge in [-0.3, -0.25) is 0 Å². The first kappa shape index (κ1) is 15.3. The number of nitrogens with zero attached hydrogens (tertiary/aromatic N) is 1. The van der Waals surface area contributed by atoms with E-state index in [2.05, 4.69) is 5.32 Å². The molecule has 0 bridgehead atoms. The van der Waals surface area contributed by atoms with Crippen LogP contribution in [0, 0.1) is 0 Å². The van der Waals surface area contributed by atoms with E-state index >= 15 is 0 Å². The van der Waals surface area contributed by atoms with Gasteiger partial charge in [0, 0.05) is 25.7 Å². The zero-order valence-corrected chi connectivity index (χ0v) is 13.0. The normalized spacial score (nSPS) is 12.0. The minimum Gasteiger partial charge on any atom is -0.508 e. The van der Waals surface area contributed by atoms with E-state index in [1.54, 1.807) is 12.1 Å². The number of nitrogens with one attached hydrogen (secondary N) is 1. The predicted octanol–water partition coefficient (Wildman–Crippen LogP) is 3.99. The monoisotopic (exact) mass is 306 g/mol. The van der Waals surface area contributed by atoms with Crippen molar-refractivity contribution in [3.05, 3.63) is 47.0 Å². The molecule has 0 heterocycles. The number of phenolic OH excluding ortho intramolecular Hbond substituents is 2. The third-order valence-electron chi connectivity index (χ3n) is 3.29. The number of phenols is 2. The number of hydrogen-bond acceptors (Lipinski definition) is 4. The third-order valence-corrected chi connectivity index (χ3v) is 3.59. The third kappa shape index (κ3) is 3.34. The second kappa shape index (κ2) is 6.14. The average Bonchev–Trinajstić information content (AvgIpc) is 2.37. The lowest BCUT2D eigenvalue weighted by molar-refractivity contribution is 0.444. The van der Waals surface area contributed by atoms with Gasteiger partial charge >= 0.3 is 0 Å². The van der Waals surface area contributed by atoms with Crippen LogP contribution in [0.5, 0.6) is 11.5 Å². The van der Waals surface area contributed by atoms with Gasteiger partial charge in [0.25, 0.3) is 0 Å². The molecule has 3 N–H and O–H groups in total. The van der Waals surface area contributed by atoms with Gasteiger partial charge < -0.3 is 20.4 Å². The summed E-state index contributed by atoms with van der Waals surface area (Å²) in [7, 11) is 3.85. The molecule has 1 unspecified atom stereocenters. The molecule has 2 rings (SSSR count). The van der Waals surface area contributed by atoms with E-state index in [1.807, 2.05) is 44.1 Å². The van der Waals surface area contributed by atoms with Gasteiger partial charge in [0.2, 0.25) is 0 Å². The second-order valence-corrected chi connectivity index (χ2v) is 5.55. The fraction of sp³-hybridized carbons (Fsp3) is 0.250. The maximum atomic E-state index is 9.94. The largest absolute Gasteiger partial charge is 0.508 e. The number of rotatable bonds is 4. The van der Waals surface area contributed by atoms with E-state index < -0.39 is 0 Å². The topological polar surface area (TPSA) is 55.7 Å². The molecule has 0 spiro atoms. The first-order valence-corrected chi connectivity index (χ1v) is 7.02. The summed E-state index contributed by atoms with van der Waals surface area (Å²) in [6.45, 7) is 1.94. The molecule has 0 aromatic heterocycles. The van der Waals surface area contributed by atoms with Crippen LogP contribution < -0.4 is 10.2 Å². The Morgan fingerprint density at radius 3 is 2.48 bits per heavy atom. The Morgan fingerprint density at radius 1 is 1.14 bits per heavy atom. The van der Waals surface area contributed by atoms with E-state index in [-0.39, 0.29) is 17.5 Å². The van der Waals surface area contributed by atoms with Crippen LogP contribution >= 0.6 is 11.6 Å². The molecule has 0 fully saturated rings. The van der Waals surface area contributed by atoms with Gasteiger partial charge in [-0.2, -0.15) is 0 Å². The highest BCUT2D eigenvalue weighted by molar-refractivity contribution is 6.34. The molecule has 0 aliphatic heterocycles. The Labute approximate surface area is 129 Å². The van der Waals surface area contributed by atoms with Gasteiger partial charge in [0.05, 0.1) is 22.4 Å². The first-order chi connectivity index (χ1) is 9.90. The maximum Gasteiger partial charge on any atom is 0.124 e. The van der Waals surface area contributed by atoms with E-state index in [9.17, 15) is 10.2 Å². The summed E-state index contributed by atoms with van der Waals surface area (Å²) in [5.74, 6) is 0.101. The molecule has 2 aromatic rings. The Hall–Kier alpha value is -2.07. The van der Waals surface area contributed by atoms with E-state index in [4.69, 9.17) is 11.6 Å². The van der Waals surface area contributed by atoms with Crippen LogP contribution in [0.2, 0.25) is 5.02 Å². The molecular formula is C16H19ClN2O2. The number of hydrogen-bond donors (Lipinski definition) is 3. The van der Waals surface area contributed by atoms with Crippen molar-refractivity contribution >= 4 is 23.0 Å². The molecule has 0 aliphatic rings. The summed E-state index contributed by atoms with van der Waals surface area (Å²) >= 11 is 6.24. The highest BCUT2D eigenvalue weighted by Gasteiger charge is 2.15. The highest BCUT2D eigenvalue weighted by atomic mass is 35.5. The van der Waals surface area contributed by atoms with Crippen LogP contribution in [-0.4, -0.2) is 24.3 Å². The van der Waals surface area contributed by atoms with Crippen molar-refractivity contribution < 1.29 is 10.2 Å². The van der Waals surface area contributed by atoms with Crippen molar-refractivity contribution in [3.63, 3.8) is 0 Å². The molecule has 5 heteroatoms. The SMILES string of the molecule is CC(Nc1cccc(Cl)c1N(C)C)c1ccc(O)cc1O.